The zero-order valence-electron chi connectivity index (χ0n) is 11.6. The Morgan fingerprint density at radius 1 is 1.13 bits per heavy atom. The van der Waals surface area contributed by atoms with Gasteiger partial charge >= 0.3 is 0 Å². The van der Waals surface area contributed by atoms with Crippen LogP contribution >= 0.6 is 11.6 Å². The van der Waals surface area contributed by atoms with Crippen molar-refractivity contribution in [2.45, 2.75) is 0 Å². The summed E-state index contributed by atoms with van der Waals surface area (Å²) in [5, 5.41) is 30.0. The molecule has 0 aliphatic rings. The van der Waals surface area contributed by atoms with Gasteiger partial charge in [0.15, 0.2) is 11.3 Å². The van der Waals surface area contributed by atoms with Gasteiger partial charge in [0.25, 0.3) is 0 Å². The SMILES string of the molecule is N#CC(C#N)=C(C#N)Nc1cc(Cl)ccc1Oc1cccnc1. The standard InChI is InChI=1S/C16H8ClN5O/c17-12-3-4-16(23-13-2-1-5-21-10-13)14(6-12)22-15(9-20)11(7-18)8-19/h1-6,10,22H. The van der Waals surface area contributed by atoms with Gasteiger partial charge in [-0.05, 0) is 30.3 Å². The van der Waals surface area contributed by atoms with Crippen molar-refractivity contribution >= 4 is 17.3 Å². The van der Waals surface area contributed by atoms with E-state index < -0.39 is 0 Å². The lowest BCUT2D eigenvalue weighted by atomic mass is 10.2. The Hall–Kier alpha value is -3.53. The van der Waals surface area contributed by atoms with Crippen molar-refractivity contribution in [1.82, 2.24) is 4.98 Å². The number of anilines is 1. The number of nitrogens with zero attached hydrogens (tertiary/aromatic N) is 4. The maximum absolute atomic E-state index is 9.11. The van der Waals surface area contributed by atoms with Crippen LogP contribution in [0.5, 0.6) is 11.5 Å². The summed E-state index contributed by atoms with van der Waals surface area (Å²) in [6.07, 6.45) is 3.13. The van der Waals surface area contributed by atoms with Crippen LogP contribution < -0.4 is 10.1 Å². The molecule has 6 nitrogen and oxygen atoms in total. The van der Waals surface area contributed by atoms with Crippen molar-refractivity contribution in [3.05, 3.63) is 59.0 Å². The summed E-state index contributed by atoms with van der Waals surface area (Å²) < 4.78 is 5.68. The number of hydrogen-bond donors (Lipinski definition) is 1. The first-order valence-corrected chi connectivity index (χ1v) is 6.64. The molecule has 0 unspecified atom stereocenters. The summed E-state index contributed by atoms with van der Waals surface area (Å²) in [6, 6.07) is 13.3. The van der Waals surface area contributed by atoms with Crippen LogP contribution in [0.3, 0.4) is 0 Å². The minimum absolute atomic E-state index is 0.187. The summed E-state index contributed by atoms with van der Waals surface area (Å²) >= 11 is 5.96. The second-order valence-corrected chi connectivity index (χ2v) is 4.58. The largest absolute Gasteiger partial charge is 0.454 e. The third-order valence-corrected chi connectivity index (χ3v) is 2.88. The molecule has 0 spiro atoms. The highest BCUT2D eigenvalue weighted by Gasteiger charge is 2.11. The van der Waals surface area contributed by atoms with Crippen LogP contribution in [0.25, 0.3) is 0 Å². The lowest BCUT2D eigenvalue weighted by Gasteiger charge is -2.12. The molecule has 0 atom stereocenters. The fraction of sp³-hybridized carbons (Fsp3) is 0. The zero-order valence-corrected chi connectivity index (χ0v) is 12.4. The Morgan fingerprint density at radius 2 is 1.91 bits per heavy atom. The number of nitriles is 3. The minimum Gasteiger partial charge on any atom is -0.454 e. The minimum atomic E-state index is -0.334. The molecule has 1 heterocycles. The van der Waals surface area contributed by atoms with Gasteiger partial charge in [0.2, 0.25) is 0 Å². The summed E-state index contributed by atoms with van der Waals surface area (Å²) in [5.74, 6) is 0.853. The van der Waals surface area contributed by atoms with Gasteiger partial charge in [-0.2, -0.15) is 15.8 Å². The molecule has 1 aromatic carbocycles. The van der Waals surface area contributed by atoms with Crippen LogP contribution in [0.15, 0.2) is 54.0 Å². The molecule has 0 saturated carbocycles. The summed E-state index contributed by atoms with van der Waals surface area (Å²) in [4.78, 5) is 3.94. The maximum atomic E-state index is 9.11. The van der Waals surface area contributed by atoms with E-state index in [4.69, 9.17) is 32.1 Å². The van der Waals surface area contributed by atoms with Crippen LogP contribution in [-0.2, 0) is 0 Å². The second-order valence-electron chi connectivity index (χ2n) is 4.14. The molecule has 1 aromatic heterocycles. The third-order valence-electron chi connectivity index (χ3n) is 2.65. The van der Waals surface area contributed by atoms with Crippen molar-refractivity contribution in [1.29, 1.82) is 15.8 Å². The first-order valence-electron chi connectivity index (χ1n) is 6.27. The molecule has 0 aliphatic heterocycles. The number of allylic oxidation sites excluding steroid dienone is 2. The first kappa shape index (κ1) is 15.9. The molecule has 1 N–H and O–H groups in total. The molecule has 0 fully saturated rings. The molecule has 0 radical (unpaired) electrons. The van der Waals surface area contributed by atoms with E-state index in [9.17, 15) is 0 Å². The number of rotatable bonds is 4. The van der Waals surface area contributed by atoms with Gasteiger partial charge in [0.05, 0.1) is 11.9 Å². The normalized spacial score (nSPS) is 8.96. The van der Waals surface area contributed by atoms with Crippen LogP contribution in [0.2, 0.25) is 5.02 Å². The Labute approximate surface area is 137 Å². The maximum Gasteiger partial charge on any atom is 0.163 e. The molecular formula is C16H8ClN5O. The topological polar surface area (TPSA) is 106 Å². The molecule has 0 amide bonds. The number of hydrogen-bond acceptors (Lipinski definition) is 6. The van der Waals surface area contributed by atoms with E-state index in [1.807, 2.05) is 0 Å². The van der Waals surface area contributed by atoms with Crippen molar-refractivity contribution in [3.8, 4) is 29.7 Å². The van der Waals surface area contributed by atoms with Crippen LogP contribution in [0, 0.1) is 34.0 Å². The summed E-state index contributed by atoms with van der Waals surface area (Å²) in [5.41, 5.74) is -0.172. The highest BCUT2D eigenvalue weighted by atomic mass is 35.5. The Morgan fingerprint density at radius 3 is 2.52 bits per heavy atom. The van der Waals surface area contributed by atoms with Crippen molar-refractivity contribution in [2.24, 2.45) is 0 Å². The average molecular weight is 322 g/mol. The number of aromatic nitrogens is 1. The van der Waals surface area contributed by atoms with E-state index in [0.717, 1.165) is 0 Å². The van der Waals surface area contributed by atoms with E-state index in [0.29, 0.717) is 22.2 Å². The molecule has 7 heteroatoms. The molecule has 0 aliphatic carbocycles. The van der Waals surface area contributed by atoms with E-state index in [-0.39, 0.29) is 11.3 Å². The van der Waals surface area contributed by atoms with Crippen molar-refractivity contribution in [2.75, 3.05) is 5.32 Å². The zero-order chi connectivity index (χ0) is 16.7. The van der Waals surface area contributed by atoms with Crippen LogP contribution in [0.4, 0.5) is 5.69 Å². The number of pyridine rings is 1. The average Bonchev–Trinajstić information content (AvgIpc) is 2.58. The highest BCUT2D eigenvalue weighted by Crippen LogP contribution is 2.32. The molecule has 23 heavy (non-hydrogen) atoms. The monoisotopic (exact) mass is 321 g/mol. The van der Waals surface area contributed by atoms with E-state index in [1.165, 1.54) is 12.3 Å². The Kier molecular flexibility index (Phi) is 5.15. The summed E-state index contributed by atoms with van der Waals surface area (Å²) in [7, 11) is 0. The van der Waals surface area contributed by atoms with Gasteiger partial charge in [0.1, 0.15) is 29.7 Å². The smallest absolute Gasteiger partial charge is 0.163 e. The quantitative estimate of drug-likeness (QED) is 0.859. The Balaban J connectivity index is 2.41. The van der Waals surface area contributed by atoms with Gasteiger partial charge in [0, 0.05) is 11.2 Å². The lowest BCUT2D eigenvalue weighted by molar-refractivity contribution is 0.482. The first-order chi connectivity index (χ1) is 11.2. The predicted octanol–water partition coefficient (Wildman–Crippen LogP) is 3.76. The number of nitrogens with one attached hydrogen (secondary N) is 1. The van der Waals surface area contributed by atoms with Crippen molar-refractivity contribution in [3.63, 3.8) is 0 Å². The summed E-state index contributed by atoms with van der Waals surface area (Å²) in [6.45, 7) is 0. The fourth-order valence-electron chi connectivity index (χ4n) is 1.64. The number of halogens is 1. The lowest BCUT2D eigenvalue weighted by Crippen LogP contribution is -2.02. The van der Waals surface area contributed by atoms with Gasteiger partial charge in [-0.3, -0.25) is 4.98 Å². The molecule has 0 bridgehead atoms. The van der Waals surface area contributed by atoms with E-state index in [2.05, 4.69) is 10.3 Å². The highest BCUT2D eigenvalue weighted by molar-refractivity contribution is 6.31. The molecule has 110 valence electrons. The van der Waals surface area contributed by atoms with Crippen molar-refractivity contribution < 1.29 is 4.74 Å². The fourth-order valence-corrected chi connectivity index (χ4v) is 1.81. The third kappa shape index (κ3) is 3.98. The van der Waals surface area contributed by atoms with Gasteiger partial charge < -0.3 is 10.1 Å². The molecule has 2 aromatic rings. The number of benzene rings is 1. The van der Waals surface area contributed by atoms with E-state index in [1.54, 1.807) is 48.7 Å². The molecule has 2 rings (SSSR count). The molecular weight excluding hydrogens is 314 g/mol. The van der Waals surface area contributed by atoms with Gasteiger partial charge in [-0.25, -0.2) is 0 Å². The predicted molar refractivity (Wildman–Crippen MR) is 83.3 cm³/mol. The van der Waals surface area contributed by atoms with Crippen LogP contribution in [-0.4, -0.2) is 4.98 Å². The van der Waals surface area contributed by atoms with Gasteiger partial charge in [-0.1, -0.05) is 11.6 Å². The van der Waals surface area contributed by atoms with Crippen LogP contribution in [0.1, 0.15) is 0 Å². The van der Waals surface area contributed by atoms with E-state index >= 15 is 0 Å². The Bertz CT molecular complexity index is 856. The van der Waals surface area contributed by atoms with Gasteiger partial charge in [-0.15, -0.1) is 0 Å². The molecule has 0 saturated heterocycles. The second kappa shape index (κ2) is 7.47. The number of ether oxygens (including phenoxy) is 1.